The molecule has 1 aromatic heterocycles. The van der Waals surface area contributed by atoms with Crippen molar-refractivity contribution in [3.8, 4) is 5.69 Å². The van der Waals surface area contributed by atoms with E-state index in [4.69, 9.17) is 0 Å². The van der Waals surface area contributed by atoms with E-state index in [0.29, 0.717) is 11.8 Å². The third-order valence-corrected chi connectivity index (χ3v) is 3.73. The highest BCUT2D eigenvalue weighted by Gasteiger charge is 2.29. The smallest absolute Gasteiger partial charge is 0.0886 e. The lowest BCUT2D eigenvalue weighted by Gasteiger charge is -2.14. The summed E-state index contributed by atoms with van der Waals surface area (Å²) in [5.41, 5.74) is 4.47. The summed E-state index contributed by atoms with van der Waals surface area (Å²) in [5.74, 6) is 1.08. The van der Waals surface area contributed by atoms with Gasteiger partial charge in [0.15, 0.2) is 0 Å². The van der Waals surface area contributed by atoms with E-state index in [0.717, 1.165) is 11.4 Å². The highest BCUT2D eigenvalue weighted by molar-refractivity contribution is 5.44. The van der Waals surface area contributed by atoms with E-state index in [-0.39, 0.29) is 6.61 Å². The Kier molecular flexibility index (Phi) is 3.15. The number of benzene rings is 1. The van der Waals surface area contributed by atoms with Crippen LogP contribution in [0.15, 0.2) is 30.3 Å². The number of hydrogen-bond donors (Lipinski definition) is 1. The summed E-state index contributed by atoms with van der Waals surface area (Å²) in [4.78, 5) is 0. The molecule has 1 N–H and O–H groups in total. The maximum absolute atomic E-state index is 9.33. The van der Waals surface area contributed by atoms with Crippen molar-refractivity contribution in [1.29, 1.82) is 0 Å². The normalized spacial score (nSPS) is 15.2. The van der Waals surface area contributed by atoms with Crippen molar-refractivity contribution in [3.63, 3.8) is 0 Å². The number of aliphatic hydroxyl groups is 1. The third-order valence-electron chi connectivity index (χ3n) is 3.73. The highest BCUT2D eigenvalue weighted by atomic mass is 16.3. The van der Waals surface area contributed by atoms with Gasteiger partial charge < -0.3 is 5.11 Å². The number of aromatic nitrogens is 2. The van der Waals surface area contributed by atoms with E-state index >= 15 is 0 Å². The van der Waals surface area contributed by atoms with Gasteiger partial charge in [0.1, 0.15) is 0 Å². The average Bonchev–Trinajstić information content (AvgIpc) is 3.18. The second-order valence-corrected chi connectivity index (χ2v) is 5.62. The van der Waals surface area contributed by atoms with Gasteiger partial charge in [0.25, 0.3) is 0 Å². The van der Waals surface area contributed by atoms with Crippen LogP contribution >= 0.6 is 0 Å². The molecule has 1 saturated carbocycles. The molecule has 0 radical (unpaired) electrons. The first kappa shape index (κ1) is 12.4. The summed E-state index contributed by atoms with van der Waals surface area (Å²) in [7, 11) is 0. The minimum absolute atomic E-state index is 0.0105. The molecule has 1 aliphatic carbocycles. The van der Waals surface area contributed by atoms with Crippen LogP contribution in [-0.4, -0.2) is 14.9 Å². The van der Waals surface area contributed by atoms with Gasteiger partial charge in [-0.1, -0.05) is 32.0 Å². The zero-order valence-electron chi connectivity index (χ0n) is 11.5. The molecule has 19 heavy (non-hydrogen) atoms. The molecule has 0 unspecified atom stereocenters. The molecule has 1 heterocycles. The van der Waals surface area contributed by atoms with Crippen LogP contribution in [0.2, 0.25) is 0 Å². The van der Waals surface area contributed by atoms with E-state index in [1.807, 2.05) is 4.68 Å². The van der Waals surface area contributed by atoms with Crippen molar-refractivity contribution in [3.05, 3.63) is 47.3 Å². The van der Waals surface area contributed by atoms with E-state index in [1.54, 1.807) is 0 Å². The maximum atomic E-state index is 9.33. The van der Waals surface area contributed by atoms with E-state index in [9.17, 15) is 5.11 Å². The molecule has 3 heteroatoms. The van der Waals surface area contributed by atoms with Gasteiger partial charge in [0, 0.05) is 11.6 Å². The molecule has 1 fully saturated rings. The first-order valence-electron chi connectivity index (χ1n) is 6.99. The predicted molar refractivity (Wildman–Crippen MR) is 75.6 cm³/mol. The largest absolute Gasteiger partial charge is 0.390 e. The fraction of sp³-hybridized carbons (Fsp3) is 0.438. The monoisotopic (exact) mass is 256 g/mol. The average molecular weight is 256 g/mol. The zero-order chi connectivity index (χ0) is 13.4. The molecule has 0 saturated heterocycles. The van der Waals surface area contributed by atoms with Crippen LogP contribution < -0.4 is 0 Å². The van der Waals surface area contributed by atoms with Crippen molar-refractivity contribution >= 4 is 0 Å². The van der Waals surface area contributed by atoms with E-state index < -0.39 is 0 Å². The summed E-state index contributed by atoms with van der Waals surface area (Å²) >= 11 is 0. The quantitative estimate of drug-likeness (QED) is 0.910. The van der Waals surface area contributed by atoms with Crippen LogP contribution in [0.1, 0.15) is 55.5 Å². The Morgan fingerprint density at radius 1 is 1.32 bits per heavy atom. The van der Waals surface area contributed by atoms with Gasteiger partial charge in [0.05, 0.1) is 18.0 Å². The van der Waals surface area contributed by atoms with Crippen LogP contribution in [0.5, 0.6) is 0 Å². The molecular weight excluding hydrogens is 236 g/mol. The molecule has 0 amide bonds. The predicted octanol–water partition coefficient (Wildman–Crippen LogP) is 3.37. The lowest BCUT2D eigenvalue weighted by atomic mass is 10.0. The van der Waals surface area contributed by atoms with Crippen LogP contribution in [0.3, 0.4) is 0 Å². The molecule has 0 spiro atoms. The Hall–Kier alpha value is -1.61. The molecular formula is C16H20N2O. The van der Waals surface area contributed by atoms with Crippen LogP contribution in [0.25, 0.3) is 5.69 Å². The summed E-state index contributed by atoms with van der Waals surface area (Å²) in [6.45, 7) is 4.41. The second kappa shape index (κ2) is 4.82. The van der Waals surface area contributed by atoms with Crippen molar-refractivity contribution in [1.82, 2.24) is 9.78 Å². The van der Waals surface area contributed by atoms with Gasteiger partial charge in [-0.2, -0.15) is 5.10 Å². The van der Waals surface area contributed by atoms with Gasteiger partial charge in [-0.25, -0.2) is 4.68 Å². The van der Waals surface area contributed by atoms with Crippen molar-refractivity contribution in [2.24, 2.45) is 0 Å². The highest BCUT2D eigenvalue weighted by Crippen LogP contribution is 2.41. The Labute approximate surface area is 113 Å². The fourth-order valence-electron chi connectivity index (χ4n) is 2.56. The first-order valence-corrected chi connectivity index (χ1v) is 6.99. The molecule has 1 aromatic carbocycles. The second-order valence-electron chi connectivity index (χ2n) is 5.62. The SMILES string of the molecule is CC(C)c1ccccc1-n1nc(CO)cc1C1CC1. The number of aliphatic hydroxyl groups excluding tert-OH is 1. The molecule has 1 aliphatic rings. The third kappa shape index (κ3) is 2.30. The van der Waals surface area contributed by atoms with Crippen molar-refractivity contribution < 1.29 is 5.11 Å². The van der Waals surface area contributed by atoms with Gasteiger partial charge in [0.2, 0.25) is 0 Å². The molecule has 100 valence electrons. The molecule has 0 aliphatic heterocycles. The molecule has 0 atom stereocenters. The summed E-state index contributed by atoms with van der Waals surface area (Å²) in [6.07, 6.45) is 2.47. The first-order chi connectivity index (χ1) is 9.20. The Balaban J connectivity index is 2.13. The van der Waals surface area contributed by atoms with Gasteiger partial charge >= 0.3 is 0 Å². The van der Waals surface area contributed by atoms with Gasteiger partial charge in [-0.05, 0) is 36.5 Å². The minimum atomic E-state index is 0.0105. The maximum Gasteiger partial charge on any atom is 0.0886 e. The van der Waals surface area contributed by atoms with Crippen LogP contribution in [0, 0.1) is 0 Å². The molecule has 3 rings (SSSR count). The number of nitrogens with zero attached hydrogens (tertiary/aromatic N) is 2. The van der Waals surface area contributed by atoms with Crippen molar-refractivity contribution in [2.75, 3.05) is 0 Å². The lowest BCUT2D eigenvalue weighted by Crippen LogP contribution is -2.06. The molecule has 0 bridgehead atoms. The van der Waals surface area contributed by atoms with Crippen LogP contribution in [-0.2, 0) is 6.61 Å². The Morgan fingerprint density at radius 2 is 2.05 bits per heavy atom. The topological polar surface area (TPSA) is 38.0 Å². The summed E-state index contributed by atoms with van der Waals surface area (Å²) < 4.78 is 2.04. The minimum Gasteiger partial charge on any atom is -0.390 e. The number of hydrogen-bond acceptors (Lipinski definition) is 2. The standard InChI is InChI=1S/C16H20N2O/c1-11(2)14-5-3-4-6-15(14)18-16(12-7-8-12)9-13(10-19)17-18/h3-6,9,11-12,19H,7-8,10H2,1-2H3. The number of rotatable bonds is 4. The summed E-state index contributed by atoms with van der Waals surface area (Å²) in [6, 6.07) is 10.5. The zero-order valence-corrected chi connectivity index (χ0v) is 11.5. The summed E-state index contributed by atoms with van der Waals surface area (Å²) in [5, 5.41) is 13.9. The van der Waals surface area contributed by atoms with Crippen LogP contribution in [0.4, 0.5) is 0 Å². The Morgan fingerprint density at radius 3 is 2.68 bits per heavy atom. The molecule has 3 nitrogen and oxygen atoms in total. The number of para-hydroxylation sites is 1. The molecule has 2 aromatic rings. The lowest BCUT2D eigenvalue weighted by molar-refractivity contribution is 0.276. The van der Waals surface area contributed by atoms with E-state index in [1.165, 1.54) is 24.1 Å². The fourth-order valence-corrected chi connectivity index (χ4v) is 2.56. The van der Waals surface area contributed by atoms with Gasteiger partial charge in [-0.15, -0.1) is 0 Å². The van der Waals surface area contributed by atoms with E-state index in [2.05, 4.69) is 49.3 Å². The van der Waals surface area contributed by atoms with Gasteiger partial charge in [-0.3, -0.25) is 0 Å². The Bertz CT molecular complexity index is 582. The van der Waals surface area contributed by atoms with Crippen molar-refractivity contribution in [2.45, 2.75) is 45.1 Å².